The van der Waals surface area contributed by atoms with Crippen molar-refractivity contribution in [3.63, 3.8) is 0 Å². The lowest BCUT2D eigenvalue weighted by Gasteiger charge is -2.21. The highest BCUT2D eigenvalue weighted by Gasteiger charge is 2.41. The molecule has 0 fully saturated rings. The Morgan fingerprint density at radius 1 is 0.857 bits per heavy atom. The maximum Gasteiger partial charge on any atom is 0.573 e. The number of amides is 1. The van der Waals surface area contributed by atoms with Crippen LogP contribution in [0.4, 0.5) is 39.5 Å². The van der Waals surface area contributed by atoms with Gasteiger partial charge < -0.3 is 19.9 Å². The van der Waals surface area contributed by atoms with Crippen LogP contribution in [-0.2, 0) is 13.0 Å². The Morgan fingerprint density at radius 3 is 2.03 bits per heavy atom. The molecule has 2 N–H and O–H groups in total. The zero-order valence-corrected chi connectivity index (χ0v) is 16.9. The fourth-order valence-corrected chi connectivity index (χ4v) is 3.06. The van der Waals surface area contributed by atoms with Crippen LogP contribution in [0.15, 0.2) is 36.5 Å². The fraction of sp³-hybridized carbons (Fsp3) is 0.263. The highest BCUT2D eigenvalue weighted by molar-refractivity contribution is 5.96. The zero-order valence-electron chi connectivity index (χ0n) is 16.9. The number of nitrogens with two attached hydrogens (primary N) is 1. The summed E-state index contributed by atoms with van der Waals surface area (Å²) in [5, 5.41) is 4.48. The van der Waals surface area contributed by atoms with Gasteiger partial charge in [-0.05, 0) is 24.6 Å². The number of aromatic nitrogens is 2. The Hall–Kier alpha value is -3.85. The van der Waals surface area contributed by atoms with Crippen LogP contribution < -0.4 is 19.9 Å². The number of carbonyl (C=O) groups excluding carboxylic acids is 1. The van der Waals surface area contributed by atoms with Crippen LogP contribution in [0.1, 0.15) is 15.9 Å². The molecule has 2 aromatic carbocycles. The summed E-state index contributed by atoms with van der Waals surface area (Å²) in [4.78, 5) is 11.4. The number of nitrogens with zero attached hydrogens (tertiary/aromatic N) is 2. The molecule has 190 valence electrons. The molecule has 0 saturated heterocycles. The quantitative estimate of drug-likeness (QED) is 0.442. The number of benzene rings is 2. The second-order valence-corrected chi connectivity index (χ2v) is 6.78. The van der Waals surface area contributed by atoms with Crippen molar-refractivity contribution in [3.05, 3.63) is 47.7 Å². The van der Waals surface area contributed by atoms with Gasteiger partial charge in [0.1, 0.15) is 0 Å². The predicted molar refractivity (Wildman–Crippen MR) is 98.4 cm³/mol. The molecular weight excluding hydrogens is 505 g/mol. The molecule has 0 atom stereocenters. The molecule has 0 aliphatic rings. The molecule has 1 aromatic heterocycles. The summed E-state index contributed by atoms with van der Waals surface area (Å²) in [5.41, 5.74) is 4.98. The number of hydrogen-bond acceptors (Lipinski definition) is 5. The summed E-state index contributed by atoms with van der Waals surface area (Å²) in [7, 11) is 0. The second-order valence-electron chi connectivity index (χ2n) is 6.78. The Kier molecular flexibility index (Phi) is 6.68. The first-order valence-electron chi connectivity index (χ1n) is 9.21. The number of carbonyl (C=O) groups is 1. The van der Waals surface area contributed by atoms with Crippen molar-refractivity contribution in [3.8, 4) is 17.2 Å². The number of ether oxygens (including phenoxy) is 3. The van der Waals surface area contributed by atoms with Gasteiger partial charge in [0.05, 0.1) is 11.7 Å². The largest absolute Gasteiger partial charge is 0.573 e. The number of rotatable bonds is 7. The summed E-state index contributed by atoms with van der Waals surface area (Å²) < 4.78 is 127. The maximum absolute atomic E-state index is 13.0. The van der Waals surface area contributed by atoms with E-state index in [0.717, 1.165) is 0 Å². The molecule has 1 heterocycles. The molecule has 0 bridgehead atoms. The van der Waals surface area contributed by atoms with E-state index < -0.39 is 54.2 Å². The fourth-order valence-electron chi connectivity index (χ4n) is 3.06. The van der Waals surface area contributed by atoms with Crippen LogP contribution >= 0.6 is 0 Å². The third-order valence-electron chi connectivity index (χ3n) is 4.34. The summed E-state index contributed by atoms with van der Waals surface area (Å²) in [5.74, 6) is -6.12. The first kappa shape index (κ1) is 25.8. The number of fused-ring (bicyclic) bond motifs is 1. The van der Waals surface area contributed by atoms with Crippen LogP contribution in [-0.4, -0.2) is 34.8 Å². The van der Waals surface area contributed by atoms with Gasteiger partial charge in [-0.3, -0.25) is 9.48 Å². The van der Waals surface area contributed by atoms with Crippen molar-refractivity contribution in [1.29, 1.82) is 0 Å². The standard InChI is InChI=1S/C19H12F9N3O4/c20-17(21,22)33-13-4-3-9(14(34-18(23,24)25)15(13)35-19(26,27)28)5-6-31-12-7-10(16(29)32)1-2-11(12)8-30-31/h1-4,7-8H,5-6H2,(H2,29,32). The normalized spacial score (nSPS) is 12.6. The zero-order chi connectivity index (χ0) is 26.2. The van der Waals surface area contributed by atoms with Crippen molar-refractivity contribution in [1.82, 2.24) is 9.78 Å². The second kappa shape index (κ2) is 9.07. The van der Waals surface area contributed by atoms with E-state index in [1.165, 1.54) is 29.1 Å². The first-order chi connectivity index (χ1) is 16.0. The van der Waals surface area contributed by atoms with Crippen LogP contribution in [0.2, 0.25) is 0 Å². The Bertz CT molecular complexity index is 1230. The molecule has 0 radical (unpaired) electrons. The van der Waals surface area contributed by atoms with Gasteiger partial charge in [0.15, 0.2) is 11.5 Å². The highest BCUT2D eigenvalue weighted by atomic mass is 19.4. The van der Waals surface area contributed by atoms with Gasteiger partial charge >= 0.3 is 19.1 Å². The summed E-state index contributed by atoms with van der Waals surface area (Å²) in [6.07, 6.45) is -16.0. The monoisotopic (exact) mass is 517 g/mol. The lowest BCUT2D eigenvalue weighted by atomic mass is 10.1. The minimum Gasteiger partial charge on any atom is -0.402 e. The number of hydrogen-bond donors (Lipinski definition) is 1. The van der Waals surface area contributed by atoms with Crippen LogP contribution in [0.25, 0.3) is 10.9 Å². The lowest BCUT2D eigenvalue weighted by molar-refractivity contribution is -0.293. The van der Waals surface area contributed by atoms with Crippen molar-refractivity contribution < 1.29 is 58.5 Å². The van der Waals surface area contributed by atoms with E-state index in [2.05, 4.69) is 19.3 Å². The average molecular weight is 517 g/mol. The minimum absolute atomic E-state index is 0.0786. The lowest BCUT2D eigenvalue weighted by Crippen LogP contribution is -2.24. The summed E-state index contributed by atoms with van der Waals surface area (Å²) >= 11 is 0. The van der Waals surface area contributed by atoms with Gasteiger partial charge in [0.2, 0.25) is 11.7 Å². The third kappa shape index (κ3) is 6.83. The van der Waals surface area contributed by atoms with Gasteiger partial charge in [0.25, 0.3) is 0 Å². The molecule has 0 spiro atoms. The molecule has 3 rings (SSSR count). The van der Waals surface area contributed by atoms with E-state index in [-0.39, 0.29) is 12.1 Å². The van der Waals surface area contributed by atoms with Gasteiger partial charge in [-0.2, -0.15) is 5.10 Å². The smallest absolute Gasteiger partial charge is 0.402 e. The van der Waals surface area contributed by atoms with Gasteiger partial charge in [-0.1, -0.05) is 12.1 Å². The van der Waals surface area contributed by atoms with E-state index in [0.29, 0.717) is 23.0 Å². The van der Waals surface area contributed by atoms with Gasteiger partial charge in [-0.25, -0.2) is 0 Å². The number of halogens is 9. The maximum atomic E-state index is 13.0. The Morgan fingerprint density at radius 2 is 1.46 bits per heavy atom. The molecular formula is C19H12F9N3O4. The first-order valence-corrected chi connectivity index (χ1v) is 9.21. The average Bonchev–Trinajstić information content (AvgIpc) is 3.09. The molecule has 0 saturated carbocycles. The van der Waals surface area contributed by atoms with Crippen molar-refractivity contribution >= 4 is 16.8 Å². The van der Waals surface area contributed by atoms with Crippen LogP contribution in [0, 0.1) is 0 Å². The number of alkyl halides is 9. The molecule has 35 heavy (non-hydrogen) atoms. The van der Waals surface area contributed by atoms with E-state index in [4.69, 9.17) is 5.73 Å². The van der Waals surface area contributed by atoms with Crippen molar-refractivity contribution in [2.45, 2.75) is 32.1 Å². The van der Waals surface area contributed by atoms with E-state index in [9.17, 15) is 44.3 Å². The number of aryl methyl sites for hydroxylation is 2. The highest BCUT2D eigenvalue weighted by Crippen LogP contribution is 2.46. The van der Waals surface area contributed by atoms with E-state index in [1.54, 1.807) is 0 Å². The number of primary amides is 1. The van der Waals surface area contributed by atoms with Gasteiger partial charge in [0, 0.05) is 23.1 Å². The van der Waals surface area contributed by atoms with Gasteiger partial charge in [-0.15, -0.1) is 39.5 Å². The minimum atomic E-state index is -5.69. The SMILES string of the molecule is NC(=O)c1ccc2cnn(CCc3ccc(OC(F)(F)F)c(OC(F)(F)F)c3OC(F)(F)F)c2c1. The van der Waals surface area contributed by atoms with Crippen LogP contribution in [0.5, 0.6) is 17.2 Å². The van der Waals surface area contributed by atoms with E-state index >= 15 is 0 Å². The summed E-state index contributed by atoms with van der Waals surface area (Å²) in [6, 6.07) is 5.23. The Labute approximate surface area is 188 Å². The third-order valence-corrected chi connectivity index (χ3v) is 4.34. The molecule has 1 amide bonds. The Balaban J connectivity index is 2.05. The van der Waals surface area contributed by atoms with Crippen LogP contribution in [0.3, 0.4) is 0 Å². The molecule has 0 aliphatic heterocycles. The molecule has 0 unspecified atom stereocenters. The van der Waals surface area contributed by atoms with Crippen molar-refractivity contribution in [2.75, 3.05) is 0 Å². The summed E-state index contributed by atoms with van der Waals surface area (Å²) in [6.45, 7) is -0.287. The molecule has 0 aliphatic carbocycles. The molecule has 3 aromatic rings. The molecule has 7 nitrogen and oxygen atoms in total. The van der Waals surface area contributed by atoms with Crippen molar-refractivity contribution in [2.24, 2.45) is 5.73 Å². The molecule has 16 heteroatoms. The van der Waals surface area contributed by atoms with E-state index in [1.807, 2.05) is 0 Å². The topological polar surface area (TPSA) is 88.6 Å². The predicted octanol–water partition coefficient (Wildman–Crippen LogP) is 5.07.